The number of nitrogens with one attached hydrogen (secondary N) is 1. The number of aliphatic hydroxyl groups excluding tert-OH is 1. The number of carbonyl (C=O) groups is 1. The minimum Gasteiger partial charge on any atom is -0.493 e. The molecule has 3 aromatic rings. The van der Waals surface area contributed by atoms with Crippen molar-refractivity contribution in [1.29, 1.82) is 0 Å². The number of benzene rings is 3. The van der Waals surface area contributed by atoms with Crippen molar-refractivity contribution in [1.82, 2.24) is 0 Å². The number of sulfonamides is 1. The third kappa shape index (κ3) is 8.43. The van der Waals surface area contributed by atoms with Gasteiger partial charge in [0.1, 0.15) is 5.75 Å². The number of halogens is 1. The Bertz CT molecular complexity index is 1280. The highest BCUT2D eigenvalue weighted by Gasteiger charge is 2.14. The summed E-state index contributed by atoms with van der Waals surface area (Å²) in [6.07, 6.45) is 3.23. The molecule has 184 valence electrons. The van der Waals surface area contributed by atoms with E-state index in [0.29, 0.717) is 34.9 Å². The van der Waals surface area contributed by atoms with Crippen molar-refractivity contribution in [3.63, 3.8) is 0 Å². The minimum absolute atomic E-state index is 0.0145. The summed E-state index contributed by atoms with van der Waals surface area (Å²) in [6, 6.07) is 19.9. The first-order valence-corrected chi connectivity index (χ1v) is 12.8. The van der Waals surface area contributed by atoms with E-state index < -0.39 is 22.1 Å². The number of carboxylic acid groups (broad SMARTS) is 1. The molecule has 3 N–H and O–H groups in total. The lowest BCUT2D eigenvalue weighted by Crippen LogP contribution is -2.12. The number of hydrogen-bond donors (Lipinski definition) is 3. The summed E-state index contributed by atoms with van der Waals surface area (Å²) in [5.41, 5.74) is 1.90. The van der Waals surface area contributed by atoms with Crippen LogP contribution in [-0.2, 0) is 21.2 Å². The fourth-order valence-corrected chi connectivity index (χ4v) is 4.41. The van der Waals surface area contributed by atoms with E-state index in [4.69, 9.17) is 21.4 Å². The van der Waals surface area contributed by atoms with Gasteiger partial charge >= 0.3 is 5.97 Å². The summed E-state index contributed by atoms with van der Waals surface area (Å²) in [4.78, 5) is 10.9. The van der Waals surface area contributed by atoms with Crippen molar-refractivity contribution in [2.45, 2.75) is 30.3 Å². The number of aliphatic hydroxyl groups is 1. The Balaban J connectivity index is 1.54. The van der Waals surface area contributed by atoms with E-state index in [1.165, 1.54) is 24.3 Å². The molecule has 0 fully saturated rings. The van der Waals surface area contributed by atoms with E-state index in [2.05, 4.69) is 4.72 Å². The standard InChI is InChI=1S/C26H26ClNO6S/c27-21-10-13-24(14-11-21)35(32,33)28-22-6-3-4-19(18-22)8-12-23(29)16-17-34-25-7-2-1-5-20(25)9-15-26(30)31/h1-8,10-14,18,23,28-29H,9,15-17H2,(H,30,31)/b12-8+. The maximum absolute atomic E-state index is 12.6. The molecule has 0 aromatic heterocycles. The second kappa shape index (κ2) is 12.4. The Hall–Kier alpha value is -3.33. The molecular weight excluding hydrogens is 490 g/mol. The zero-order chi connectivity index (χ0) is 25.3. The second-order valence-corrected chi connectivity index (χ2v) is 9.87. The third-order valence-electron chi connectivity index (χ3n) is 5.03. The molecule has 0 aliphatic rings. The maximum Gasteiger partial charge on any atom is 0.303 e. The SMILES string of the molecule is O=C(O)CCc1ccccc1OCCC(O)/C=C/c1cccc(NS(=O)(=O)c2ccc(Cl)cc2)c1. The quantitative estimate of drug-likeness (QED) is 0.313. The summed E-state index contributed by atoms with van der Waals surface area (Å²) in [6.45, 7) is 0.247. The molecule has 0 saturated heterocycles. The topological polar surface area (TPSA) is 113 Å². The monoisotopic (exact) mass is 515 g/mol. The molecule has 0 aliphatic heterocycles. The zero-order valence-electron chi connectivity index (χ0n) is 18.8. The summed E-state index contributed by atoms with van der Waals surface area (Å²) < 4.78 is 33.4. The molecule has 1 unspecified atom stereocenters. The van der Waals surface area contributed by atoms with Crippen LogP contribution in [0.1, 0.15) is 24.0 Å². The minimum atomic E-state index is -3.76. The highest BCUT2D eigenvalue weighted by molar-refractivity contribution is 7.92. The first-order chi connectivity index (χ1) is 16.7. The number of hydrogen-bond acceptors (Lipinski definition) is 5. The van der Waals surface area contributed by atoms with E-state index in [1.54, 1.807) is 42.5 Å². The van der Waals surface area contributed by atoms with Gasteiger partial charge in [0.15, 0.2) is 0 Å². The third-order valence-corrected chi connectivity index (χ3v) is 6.67. The van der Waals surface area contributed by atoms with Gasteiger partial charge in [-0.2, -0.15) is 0 Å². The Morgan fingerprint density at radius 2 is 1.80 bits per heavy atom. The number of para-hydroxylation sites is 1. The van der Waals surface area contributed by atoms with Crippen molar-refractivity contribution in [2.24, 2.45) is 0 Å². The molecule has 3 aromatic carbocycles. The summed E-state index contributed by atoms with van der Waals surface area (Å²) in [7, 11) is -3.76. The first-order valence-electron chi connectivity index (χ1n) is 10.9. The van der Waals surface area contributed by atoms with Crippen molar-refractivity contribution in [2.75, 3.05) is 11.3 Å². The molecule has 0 radical (unpaired) electrons. The molecule has 0 saturated carbocycles. The zero-order valence-corrected chi connectivity index (χ0v) is 20.4. The lowest BCUT2D eigenvalue weighted by Gasteiger charge is -2.12. The highest BCUT2D eigenvalue weighted by atomic mass is 35.5. The van der Waals surface area contributed by atoms with E-state index in [9.17, 15) is 18.3 Å². The average Bonchev–Trinajstić information content (AvgIpc) is 2.82. The van der Waals surface area contributed by atoms with Crippen LogP contribution in [0.2, 0.25) is 5.02 Å². The maximum atomic E-state index is 12.6. The van der Waals surface area contributed by atoms with Gasteiger partial charge in [-0.3, -0.25) is 9.52 Å². The van der Waals surface area contributed by atoms with Gasteiger partial charge in [-0.15, -0.1) is 0 Å². The van der Waals surface area contributed by atoms with Crippen LogP contribution in [0.4, 0.5) is 5.69 Å². The molecule has 3 rings (SSSR count). The van der Waals surface area contributed by atoms with E-state index in [-0.39, 0.29) is 17.9 Å². The van der Waals surface area contributed by atoms with Gasteiger partial charge in [0.25, 0.3) is 10.0 Å². The van der Waals surface area contributed by atoms with Gasteiger partial charge in [0.2, 0.25) is 0 Å². The van der Waals surface area contributed by atoms with E-state index in [1.807, 2.05) is 18.2 Å². The van der Waals surface area contributed by atoms with Crippen LogP contribution in [0, 0.1) is 0 Å². The lowest BCUT2D eigenvalue weighted by atomic mass is 10.1. The van der Waals surface area contributed by atoms with Crippen LogP contribution in [-0.4, -0.2) is 37.3 Å². The number of carboxylic acids is 1. The molecule has 1 atom stereocenters. The van der Waals surface area contributed by atoms with Crippen molar-refractivity contribution >= 4 is 39.4 Å². The van der Waals surface area contributed by atoms with Gasteiger partial charge in [-0.05, 0) is 60.0 Å². The largest absolute Gasteiger partial charge is 0.493 e. The summed E-state index contributed by atoms with van der Waals surface area (Å²) in [5, 5.41) is 19.6. The number of rotatable bonds is 12. The summed E-state index contributed by atoms with van der Waals surface area (Å²) in [5.74, 6) is -0.271. The number of ether oxygens (including phenoxy) is 1. The normalized spacial score (nSPS) is 12.4. The van der Waals surface area contributed by atoms with Crippen molar-refractivity contribution in [3.8, 4) is 5.75 Å². The fraction of sp³-hybridized carbons (Fsp3) is 0.192. The molecule has 7 nitrogen and oxygen atoms in total. The fourth-order valence-electron chi connectivity index (χ4n) is 3.23. The molecule has 0 spiro atoms. The van der Waals surface area contributed by atoms with Crippen LogP contribution < -0.4 is 9.46 Å². The van der Waals surface area contributed by atoms with Crippen LogP contribution >= 0.6 is 11.6 Å². The molecule has 35 heavy (non-hydrogen) atoms. The van der Waals surface area contributed by atoms with E-state index in [0.717, 1.165) is 5.56 Å². The molecular formula is C26H26ClNO6S. The lowest BCUT2D eigenvalue weighted by molar-refractivity contribution is -0.136. The molecule has 0 bridgehead atoms. The van der Waals surface area contributed by atoms with Gasteiger partial charge in [0, 0.05) is 23.6 Å². The number of aryl methyl sites for hydroxylation is 1. The number of anilines is 1. The van der Waals surface area contributed by atoms with E-state index >= 15 is 0 Å². The van der Waals surface area contributed by atoms with Crippen LogP contribution in [0.3, 0.4) is 0 Å². The highest BCUT2D eigenvalue weighted by Crippen LogP contribution is 2.21. The predicted molar refractivity (Wildman–Crippen MR) is 136 cm³/mol. The Kier molecular flexibility index (Phi) is 9.31. The second-order valence-electron chi connectivity index (χ2n) is 7.75. The van der Waals surface area contributed by atoms with Crippen LogP contribution in [0.25, 0.3) is 6.08 Å². The Morgan fingerprint density at radius 3 is 2.54 bits per heavy atom. The molecule has 0 heterocycles. The van der Waals surface area contributed by atoms with Gasteiger partial charge in [-0.25, -0.2) is 8.42 Å². The first kappa shape index (κ1) is 26.3. The van der Waals surface area contributed by atoms with Crippen molar-refractivity contribution < 1.29 is 28.2 Å². The molecule has 0 amide bonds. The molecule has 0 aliphatic carbocycles. The Labute approximate surface area is 209 Å². The van der Waals surface area contributed by atoms with Crippen LogP contribution in [0.5, 0.6) is 5.75 Å². The Morgan fingerprint density at radius 1 is 1.06 bits per heavy atom. The predicted octanol–water partition coefficient (Wildman–Crippen LogP) is 5.00. The van der Waals surface area contributed by atoms with Crippen LogP contribution in [0.15, 0.2) is 83.8 Å². The van der Waals surface area contributed by atoms with Gasteiger partial charge in [-0.1, -0.05) is 54.1 Å². The molecule has 9 heteroatoms. The van der Waals surface area contributed by atoms with Gasteiger partial charge < -0.3 is 14.9 Å². The average molecular weight is 516 g/mol. The smallest absolute Gasteiger partial charge is 0.303 e. The summed E-state index contributed by atoms with van der Waals surface area (Å²) >= 11 is 5.83. The van der Waals surface area contributed by atoms with Crippen molar-refractivity contribution in [3.05, 3.63) is 95.0 Å². The van der Waals surface area contributed by atoms with Gasteiger partial charge in [0.05, 0.1) is 17.6 Å². The number of aliphatic carboxylic acids is 1.